The van der Waals surface area contributed by atoms with Crippen molar-refractivity contribution < 1.29 is 5.11 Å². The first-order valence-corrected chi connectivity index (χ1v) is 8.73. The van der Waals surface area contributed by atoms with Gasteiger partial charge in [0.1, 0.15) is 0 Å². The summed E-state index contributed by atoms with van der Waals surface area (Å²) < 4.78 is 0. The van der Waals surface area contributed by atoms with Crippen LogP contribution in [0.2, 0.25) is 10.0 Å². The van der Waals surface area contributed by atoms with E-state index in [1.54, 1.807) is 11.8 Å². The molecule has 1 saturated carbocycles. The Morgan fingerprint density at radius 2 is 2.20 bits per heavy atom. The van der Waals surface area contributed by atoms with Gasteiger partial charge in [-0.15, -0.1) is 11.8 Å². The van der Waals surface area contributed by atoms with Crippen molar-refractivity contribution in [2.75, 3.05) is 19.4 Å². The van der Waals surface area contributed by atoms with Gasteiger partial charge in [0.2, 0.25) is 0 Å². The van der Waals surface area contributed by atoms with Crippen LogP contribution in [-0.2, 0) is 0 Å². The highest BCUT2D eigenvalue weighted by Gasteiger charge is 2.40. The molecule has 2 atom stereocenters. The van der Waals surface area contributed by atoms with Crippen LogP contribution in [0.3, 0.4) is 0 Å². The molecule has 20 heavy (non-hydrogen) atoms. The molecule has 0 bridgehead atoms. The Bertz CT molecular complexity index is 451. The Balaban J connectivity index is 1.87. The zero-order chi connectivity index (χ0) is 14.6. The van der Waals surface area contributed by atoms with Crippen LogP contribution >= 0.6 is 35.0 Å². The zero-order valence-electron chi connectivity index (χ0n) is 11.7. The third kappa shape index (κ3) is 3.63. The molecule has 1 aromatic rings. The van der Waals surface area contributed by atoms with Crippen LogP contribution < -0.4 is 5.32 Å². The fraction of sp³-hybridized carbons (Fsp3) is 0.600. The molecule has 0 amide bonds. The van der Waals surface area contributed by atoms with E-state index in [0.717, 1.165) is 23.5 Å². The van der Waals surface area contributed by atoms with Crippen molar-refractivity contribution in [3.8, 4) is 0 Å². The minimum atomic E-state index is -0.0712. The number of halogens is 2. The van der Waals surface area contributed by atoms with Gasteiger partial charge in [0.25, 0.3) is 0 Å². The second-order valence-corrected chi connectivity index (χ2v) is 7.35. The summed E-state index contributed by atoms with van der Waals surface area (Å²) in [4.78, 5) is 1.15. The fourth-order valence-electron chi connectivity index (χ4n) is 3.07. The number of hydrogen-bond donors (Lipinski definition) is 2. The van der Waals surface area contributed by atoms with E-state index in [1.165, 1.54) is 12.8 Å². The molecule has 1 aliphatic carbocycles. The summed E-state index contributed by atoms with van der Waals surface area (Å²) in [5, 5.41) is 14.2. The smallest absolute Gasteiger partial charge is 0.0615 e. The van der Waals surface area contributed by atoms with Gasteiger partial charge in [0, 0.05) is 10.4 Å². The molecule has 2 unspecified atom stereocenters. The van der Waals surface area contributed by atoms with E-state index in [4.69, 9.17) is 23.2 Å². The Morgan fingerprint density at radius 1 is 1.40 bits per heavy atom. The molecular formula is C15H21Cl2NOS. The predicted molar refractivity (Wildman–Crippen MR) is 88.0 cm³/mol. The quantitative estimate of drug-likeness (QED) is 0.764. The summed E-state index contributed by atoms with van der Waals surface area (Å²) in [5.74, 6) is 1.58. The van der Waals surface area contributed by atoms with Crippen LogP contribution in [0.5, 0.6) is 0 Å². The highest BCUT2D eigenvalue weighted by atomic mass is 35.5. The van der Waals surface area contributed by atoms with Crippen LogP contribution in [0.25, 0.3) is 0 Å². The standard InChI is InChI=1S/C15H21Cl2NOS/c1-18-15(10-19)7-2-3-11(15)6-8-20-12-4-5-13(16)14(17)9-12/h4-5,9,11,18-19H,2-3,6-8,10H2,1H3. The molecule has 112 valence electrons. The summed E-state index contributed by atoms with van der Waals surface area (Å²) in [6.07, 6.45) is 4.57. The topological polar surface area (TPSA) is 32.3 Å². The van der Waals surface area contributed by atoms with Gasteiger partial charge in [-0.3, -0.25) is 0 Å². The van der Waals surface area contributed by atoms with Crippen LogP contribution in [0.4, 0.5) is 0 Å². The summed E-state index contributed by atoms with van der Waals surface area (Å²) in [6.45, 7) is 0.228. The molecule has 0 saturated heterocycles. The highest BCUT2D eigenvalue weighted by molar-refractivity contribution is 7.99. The molecular weight excluding hydrogens is 313 g/mol. The normalized spacial score (nSPS) is 26.1. The van der Waals surface area contributed by atoms with Gasteiger partial charge in [-0.1, -0.05) is 29.6 Å². The number of rotatable bonds is 6. The minimum absolute atomic E-state index is 0.0712. The summed E-state index contributed by atoms with van der Waals surface area (Å²) in [6, 6.07) is 5.76. The van der Waals surface area contributed by atoms with E-state index in [1.807, 2.05) is 25.2 Å². The molecule has 1 aromatic carbocycles. The van der Waals surface area contributed by atoms with E-state index in [-0.39, 0.29) is 12.1 Å². The summed E-state index contributed by atoms with van der Waals surface area (Å²) >= 11 is 13.7. The van der Waals surface area contributed by atoms with Crippen molar-refractivity contribution in [3.05, 3.63) is 28.2 Å². The lowest BCUT2D eigenvalue weighted by Crippen LogP contribution is -2.49. The van der Waals surface area contributed by atoms with Crippen molar-refractivity contribution in [1.82, 2.24) is 5.32 Å². The SMILES string of the molecule is CNC1(CO)CCCC1CCSc1ccc(Cl)c(Cl)c1. The van der Waals surface area contributed by atoms with Gasteiger partial charge in [-0.25, -0.2) is 0 Å². The molecule has 2 nitrogen and oxygen atoms in total. The van der Waals surface area contributed by atoms with Crippen LogP contribution in [-0.4, -0.2) is 30.1 Å². The van der Waals surface area contributed by atoms with E-state index < -0.39 is 0 Å². The lowest BCUT2D eigenvalue weighted by molar-refractivity contribution is 0.130. The fourth-order valence-corrected chi connectivity index (χ4v) is 4.43. The number of likely N-dealkylation sites (N-methyl/N-ethyl adjacent to an activating group) is 1. The molecule has 5 heteroatoms. The van der Waals surface area contributed by atoms with Crippen molar-refractivity contribution >= 4 is 35.0 Å². The van der Waals surface area contributed by atoms with Crippen LogP contribution in [0.15, 0.2) is 23.1 Å². The molecule has 0 spiro atoms. The van der Waals surface area contributed by atoms with Gasteiger partial charge in [0.15, 0.2) is 0 Å². The molecule has 1 fully saturated rings. The predicted octanol–water partition coefficient (Wildman–Crippen LogP) is 4.23. The molecule has 0 heterocycles. The zero-order valence-corrected chi connectivity index (χ0v) is 14.0. The Labute approximate surface area is 135 Å². The third-order valence-electron chi connectivity index (χ3n) is 4.36. The average molecular weight is 334 g/mol. The maximum Gasteiger partial charge on any atom is 0.0615 e. The molecule has 2 rings (SSSR count). The average Bonchev–Trinajstić information content (AvgIpc) is 2.86. The number of benzene rings is 1. The Kier molecular flexibility index (Phi) is 6.06. The van der Waals surface area contributed by atoms with Crippen molar-refractivity contribution in [2.24, 2.45) is 5.92 Å². The molecule has 0 aliphatic heterocycles. The number of hydrogen-bond acceptors (Lipinski definition) is 3. The van der Waals surface area contributed by atoms with Gasteiger partial charge < -0.3 is 10.4 Å². The third-order valence-corrected chi connectivity index (χ3v) is 6.13. The largest absolute Gasteiger partial charge is 0.394 e. The van der Waals surface area contributed by atoms with E-state index in [2.05, 4.69) is 5.32 Å². The van der Waals surface area contributed by atoms with E-state index in [9.17, 15) is 5.11 Å². The first kappa shape index (κ1) is 16.4. The lowest BCUT2D eigenvalue weighted by Gasteiger charge is -2.33. The van der Waals surface area contributed by atoms with Crippen molar-refractivity contribution in [3.63, 3.8) is 0 Å². The molecule has 2 N–H and O–H groups in total. The number of aliphatic hydroxyl groups excluding tert-OH is 1. The van der Waals surface area contributed by atoms with Gasteiger partial charge in [-0.05, 0) is 56.2 Å². The number of aliphatic hydroxyl groups is 1. The van der Waals surface area contributed by atoms with Crippen molar-refractivity contribution in [2.45, 2.75) is 36.1 Å². The molecule has 1 aliphatic rings. The second kappa shape index (κ2) is 7.37. The van der Waals surface area contributed by atoms with Gasteiger partial charge in [0.05, 0.1) is 16.7 Å². The Morgan fingerprint density at radius 3 is 2.85 bits per heavy atom. The minimum Gasteiger partial charge on any atom is -0.394 e. The number of thioether (sulfide) groups is 1. The number of nitrogens with one attached hydrogen (secondary N) is 1. The van der Waals surface area contributed by atoms with Gasteiger partial charge in [-0.2, -0.15) is 0 Å². The van der Waals surface area contributed by atoms with Gasteiger partial charge >= 0.3 is 0 Å². The van der Waals surface area contributed by atoms with E-state index in [0.29, 0.717) is 16.0 Å². The monoisotopic (exact) mass is 333 g/mol. The highest BCUT2D eigenvalue weighted by Crippen LogP contribution is 2.39. The van der Waals surface area contributed by atoms with Crippen LogP contribution in [0.1, 0.15) is 25.7 Å². The van der Waals surface area contributed by atoms with Crippen LogP contribution in [0, 0.1) is 5.92 Å². The summed E-state index contributed by atoms with van der Waals surface area (Å²) in [5.41, 5.74) is -0.0712. The first-order chi connectivity index (χ1) is 9.61. The molecule has 0 aromatic heterocycles. The lowest BCUT2D eigenvalue weighted by atomic mass is 9.86. The van der Waals surface area contributed by atoms with Crippen molar-refractivity contribution in [1.29, 1.82) is 0 Å². The van der Waals surface area contributed by atoms with E-state index >= 15 is 0 Å². The first-order valence-electron chi connectivity index (χ1n) is 6.99. The maximum atomic E-state index is 9.67. The second-order valence-electron chi connectivity index (χ2n) is 5.37. The summed E-state index contributed by atoms with van der Waals surface area (Å²) in [7, 11) is 1.96. The molecule has 0 radical (unpaired) electrons. The maximum absolute atomic E-state index is 9.67. The Hall–Kier alpha value is 0.0700.